The van der Waals surface area contributed by atoms with Gasteiger partial charge >= 0.3 is 0 Å². The molecule has 0 aromatic heterocycles. The Morgan fingerprint density at radius 1 is 0.952 bits per heavy atom. The third-order valence-electron chi connectivity index (χ3n) is 3.11. The number of rotatable bonds is 5. The highest BCUT2D eigenvalue weighted by Gasteiger charge is 1.93. The van der Waals surface area contributed by atoms with Crippen LogP contribution in [0.1, 0.15) is 30.0 Å². The molecule has 1 nitrogen and oxygen atoms in total. The molecule has 21 heavy (non-hydrogen) atoms. The Balaban J connectivity index is 2.02. The molecule has 1 heteroatoms. The normalized spacial score (nSPS) is 9.57. The van der Waals surface area contributed by atoms with Gasteiger partial charge in [0.15, 0.2) is 0 Å². The number of aryl methyl sites for hydroxylation is 1. The van der Waals surface area contributed by atoms with Crippen molar-refractivity contribution in [3.05, 3.63) is 77.9 Å². The summed E-state index contributed by atoms with van der Waals surface area (Å²) in [6.07, 6.45) is 3.99. The average Bonchev–Trinajstić information content (AvgIpc) is 2.53. The molecule has 0 bridgehead atoms. The number of hydrogen-bond donors (Lipinski definition) is 0. The summed E-state index contributed by atoms with van der Waals surface area (Å²) in [6, 6.07) is 16.3. The number of allylic oxidation sites excluding steroid dienone is 1. The molecule has 0 aliphatic rings. The molecule has 0 radical (unpaired) electrons. The lowest BCUT2D eigenvalue weighted by molar-refractivity contribution is 0.340. The molecule has 0 aliphatic heterocycles. The summed E-state index contributed by atoms with van der Waals surface area (Å²) in [4.78, 5) is 0. The Labute approximate surface area is 127 Å². The van der Waals surface area contributed by atoms with Crippen molar-refractivity contribution < 1.29 is 4.74 Å². The summed E-state index contributed by atoms with van der Waals surface area (Å²) in [6.45, 7) is 6.41. The smallest absolute Gasteiger partial charge is 0.119 e. The molecule has 2 rings (SSSR count). The molecule has 0 amide bonds. The molecule has 0 saturated heterocycles. The minimum atomic E-state index is 0.684. The predicted molar refractivity (Wildman–Crippen MR) is 88.6 cm³/mol. The van der Waals surface area contributed by atoms with Crippen LogP contribution in [0.2, 0.25) is 0 Å². The van der Waals surface area contributed by atoms with E-state index in [0.717, 1.165) is 29.7 Å². The van der Waals surface area contributed by atoms with Crippen molar-refractivity contribution >= 4 is 0 Å². The minimum absolute atomic E-state index is 0.684. The molecule has 0 spiro atoms. The lowest BCUT2D eigenvalue weighted by Crippen LogP contribution is -1.90. The third kappa shape index (κ3) is 4.85. The Kier molecular flexibility index (Phi) is 5.67. The second-order valence-electron chi connectivity index (χ2n) is 4.73. The summed E-state index contributed by atoms with van der Waals surface area (Å²) in [5, 5.41) is 0. The van der Waals surface area contributed by atoms with Crippen LogP contribution in [0.15, 0.2) is 61.2 Å². The van der Waals surface area contributed by atoms with Crippen LogP contribution in [-0.4, -0.2) is 6.61 Å². The maximum atomic E-state index is 5.41. The van der Waals surface area contributed by atoms with Gasteiger partial charge in [0.05, 0.1) is 6.61 Å². The van der Waals surface area contributed by atoms with Crippen LogP contribution in [-0.2, 0) is 6.42 Å². The first-order chi connectivity index (χ1) is 10.3. The van der Waals surface area contributed by atoms with Crippen molar-refractivity contribution in [1.29, 1.82) is 0 Å². The molecular formula is C20H20O. The van der Waals surface area contributed by atoms with E-state index >= 15 is 0 Å². The molecule has 0 N–H and O–H groups in total. The van der Waals surface area contributed by atoms with Crippen LogP contribution in [0.4, 0.5) is 0 Å². The van der Waals surface area contributed by atoms with Gasteiger partial charge in [-0.15, -0.1) is 6.58 Å². The number of ether oxygens (including phenoxy) is 1. The van der Waals surface area contributed by atoms with E-state index in [4.69, 9.17) is 4.74 Å². The highest BCUT2D eigenvalue weighted by molar-refractivity contribution is 5.44. The lowest BCUT2D eigenvalue weighted by atomic mass is 10.1. The Morgan fingerprint density at radius 3 is 2.05 bits per heavy atom. The largest absolute Gasteiger partial charge is 0.494 e. The Morgan fingerprint density at radius 2 is 1.52 bits per heavy atom. The second kappa shape index (κ2) is 7.97. The van der Waals surface area contributed by atoms with E-state index in [2.05, 4.69) is 42.7 Å². The molecular weight excluding hydrogens is 256 g/mol. The summed E-state index contributed by atoms with van der Waals surface area (Å²) in [5.41, 5.74) is 3.35. The standard InChI is InChI=1S/C20H20O/c1-3-5-6-17-7-9-18(10-8-17)11-12-19-13-15-20(16-14-19)21-4-2/h3,7-10,13-16H,1,4-6H2,2H3. The van der Waals surface area contributed by atoms with Gasteiger partial charge in [0.2, 0.25) is 0 Å². The maximum Gasteiger partial charge on any atom is 0.119 e. The zero-order valence-electron chi connectivity index (χ0n) is 12.4. The first kappa shape index (κ1) is 14.9. The first-order valence-electron chi connectivity index (χ1n) is 7.26. The van der Waals surface area contributed by atoms with E-state index < -0.39 is 0 Å². The van der Waals surface area contributed by atoms with Crippen LogP contribution in [0, 0.1) is 11.8 Å². The maximum absolute atomic E-state index is 5.41. The van der Waals surface area contributed by atoms with E-state index in [-0.39, 0.29) is 0 Å². The van der Waals surface area contributed by atoms with Gasteiger partial charge < -0.3 is 4.74 Å². The lowest BCUT2D eigenvalue weighted by Gasteiger charge is -2.01. The monoisotopic (exact) mass is 276 g/mol. The predicted octanol–water partition coefficient (Wildman–Crippen LogP) is 4.60. The molecule has 0 atom stereocenters. The fraction of sp³-hybridized carbons (Fsp3) is 0.200. The van der Waals surface area contributed by atoms with Crippen molar-refractivity contribution in [2.24, 2.45) is 0 Å². The molecule has 0 saturated carbocycles. The van der Waals surface area contributed by atoms with Gasteiger partial charge in [-0.25, -0.2) is 0 Å². The van der Waals surface area contributed by atoms with Crippen molar-refractivity contribution in [2.45, 2.75) is 19.8 Å². The van der Waals surface area contributed by atoms with Crippen LogP contribution in [0.25, 0.3) is 0 Å². The van der Waals surface area contributed by atoms with E-state index in [0.29, 0.717) is 6.61 Å². The zero-order valence-corrected chi connectivity index (χ0v) is 12.4. The number of benzene rings is 2. The second-order valence-corrected chi connectivity index (χ2v) is 4.73. The van der Waals surface area contributed by atoms with Crippen LogP contribution >= 0.6 is 0 Å². The Bertz CT molecular complexity index is 624. The van der Waals surface area contributed by atoms with Crippen molar-refractivity contribution in [3.8, 4) is 17.6 Å². The van der Waals surface area contributed by atoms with E-state index in [1.54, 1.807) is 0 Å². The summed E-state index contributed by atoms with van der Waals surface area (Å²) in [5.74, 6) is 7.24. The molecule has 0 fully saturated rings. The topological polar surface area (TPSA) is 9.23 Å². The SMILES string of the molecule is C=CCCc1ccc(C#Cc2ccc(OCC)cc2)cc1. The van der Waals surface area contributed by atoms with Crippen LogP contribution in [0.5, 0.6) is 5.75 Å². The van der Waals surface area contributed by atoms with Crippen LogP contribution in [0.3, 0.4) is 0 Å². The quantitative estimate of drug-likeness (QED) is 0.572. The molecule has 0 unspecified atom stereocenters. The highest BCUT2D eigenvalue weighted by Crippen LogP contribution is 2.11. The molecule has 0 aliphatic carbocycles. The van der Waals surface area contributed by atoms with Crippen molar-refractivity contribution in [1.82, 2.24) is 0 Å². The van der Waals surface area contributed by atoms with Crippen molar-refractivity contribution in [2.75, 3.05) is 6.61 Å². The average molecular weight is 276 g/mol. The number of hydrogen-bond acceptors (Lipinski definition) is 1. The summed E-state index contributed by atoms with van der Waals surface area (Å²) >= 11 is 0. The van der Waals surface area contributed by atoms with Gasteiger partial charge in [-0.05, 0) is 61.7 Å². The summed E-state index contributed by atoms with van der Waals surface area (Å²) in [7, 11) is 0. The van der Waals surface area contributed by atoms with Gasteiger partial charge in [0.25, 0.3) is 0 Å². The van der Waals surface area contributed by atoms with Gasteiger partial charge in [-0.2, -0.15) is 0 Å². The van der Waals surface area contributed by atoms with E-state index in [1.807, 2.05) is 37.3 Å². The molecule has 2 aromatic rings. The Hall–Kier alpha value is -2.46. The molecule has 2 aromatic carbocycles. The van der Waals surface area contributed by atoms with E-state index in [9.17, 15) is 0 Å². The minimum Gasteiger partial charge on any atom is -0.494 e. The highest BCUT2D eigenvalue weighted by atomic mass is 16.5. The van der Waals surface area contributed by atoms with Gasteiger partial charge in [-0.3, -0.25) is 0 Å². The van der Waals surface area contributed by atoms with E-state index in [1.165, 1.54) is 5.56 Å². The molecule has 106 valence electrons. The van der Waals surface area contributed by atoms with Crippen LogP contribution < -0.4 is 4.74 Å². The fourth-order valence-corrected chi connectivity index (χ4v) is 1.97. The van der Waals surface area contributed by atoms with Gasteiger partial charge in [0.1, 0.15) is 5.75 Å². The van der Waals surface area contributed by atoms with Gasteiger partial charge in [-0.1, -0.05) is 30.0 Å². The first-order valence-corrected chi connectivity index (χ1v) is 7.26. The summed E-state index contributed by atoms with van der Waals surface area (Å²) < 4.78 is 5.41. The van der Waals surface area contributed by atoms with Crippen molar-refractivity contribution in [3.63, 3.8) is 0 Å². The van der Waals surface area contributed by atoms with Gasteiger partial charge in [0, 0.05) is 11.1 Å². The third-order valence-corrected chi connectivity index (χ3v) is 3.11. The molecule has 0 heterocycles. The zero-order chi connectivity index (χ0) is 14.9. The fourth-order valence-electron chi connectivity index (χ4n) is 1.97.